The lowest BCUT2D eigenvalue weighted by atomic mass is 10.0. The zero-order valence-electron chi connectivity index (χ0n) is 17.5. The molecule has 3 aromatic rings. The van der Waals surface area contributed by atoms with Gasteiger partial charge in [0.05, 0.1) is 31.9 Å². The first-order valence-corrected chi connectivity index (χ1v) is 10.0. The number of alkyl halides is 3. The highest BCUT2D eigenvalue weighted by molar-refractivity contribution is 5.69. The van der Waals surface area contributed by atoms with Crippen LogP contribution in [0.1, 0.15) is 34.0 Å². The Morgan fingerprint density at radius 1 is 1.18 bits per heavy atom. The first-order chi connectivity index (χ1) is 15.7. The van der Waals surface area contributed by atoms with Crippen molar-refractivity contribution < 1.29 is 27.8 Å². The Hall–Kier alpha value is -3.66. The monoisotopic (exact) mass is 459 g/mol. The molecular formula is C23H20F3N3O4. The van der Waals surface area contributed by atoms with Gasteiger partial charge >= 0.3 is 12.1 Å². The third kappa shape index (κ3) is 4.61. The van der Waals surface area contributed by atoms with Crippen molar-refractivity contribution in [1.82, 2.24) is 14.7 Å². The van der Waals surface area contributed by atoms with Crippen molar-refractivity contribution in [2.45, 2.75) is 25.3 Å². The minimum atomic E-state index is -4.90. The number of carboxylic acids is 1. The molecule has 0 radical (unpaired) electrons. The number of carbonyl (C=O) groups is 1. The van der Waals surface area contributed by atoms with Crippen LogP contribution in [0.25, 0.3) is 0 Å². The Morgan fingerprint density at radius 3 is 2.52 bits per heavy atom. The molecular weight excluding hydrogens is 439 g/mol. The SMILES string of the molecule is COc1ccc(Cn2nc(C3c4ccccc4CN3CC(=O)O)cc(C(F)(F)F)c2=O)cc1. The third-order valence-corrected chi connectivity index (χ3v) is 5.50. The zero-order valence-corrected chi connectivity index (χ0v) is 17.5. The van der Waals surface area contributed by atoms with E-state index in [4.69, 9.17) is 4.74 Å². The summed E-state index contributed by atoms with van der Waals surface area (Å²) in [7, 11) is 1.49. The summed E-state index contributed by atoms with van der Waals surface area (Å²) >= 11 is 0. The van der Waals surface area contributed by atoms with E-state index in [1.165, 1.54) is 12.0 Å². The molecule has 4 rings (SSSR count). The molecule has 7 nitrogen and oxygen atoms in total. The quantitative estimate of drug-likeness (QED) is 0.609. The molecule has 0 fully saturated rings. The molecule has 1 aliphatic rings. The van der Waals surface area contributed by atoms with Crippen LogP contribution in [-0.4, -0.2) is 39.4 Å². The van der Waals surface area contributed by atoms with Crippen molar-refractivity contribution in [3.8, 4) is 5.75 Å². The van der Waals surface area contributed by atoms with Crippen LogP contribution < -0.4 is 10.3 Å². The topological polar surface area (TPSA) is 84.7 Å². The summed E-state index contributed by atoms with van der Waals surface area (Å²) < 4.78 is 47.2. The summed E-state index contributed by atoms with van der Waals surface area (Å²) in [4.78, 5) is 25.6. The fourth-order valence-corrected chi connectivity index (χ4v) is 4.03. The number of fused-ring (bicyclic) bond motifs is 1. The number of aliphatic carboxylic acids is 1. The van der Waals surface area contributed by atoms with Gasteiger partial charge in [-0.05, 0) is 34.9 Å². The Balaban J connectivity index is 1.84. The van der Waals surface area contributed by atoms with Crippen molar-refractivity contribution in [2.75, 3.05) is 13.7 Å². The van der Waals surface area contributed by atoms with Crippen LogP contribution in [0.5, 0.6) is 5.75 Å². The summed E-state index contributed by atoms with van der Waals surface area (Å²) in [6.07, 6.45) is -4.90. The normalized spacial score (nSPS) is 15.9. The van der Waals surface area contributed by atoms with E-state index in [1.807, 2.05) is 0 Å². The van der Waals surface area contributed by atoms with Crippen LogP contribution in [0.15, 0.2) is 59.4 Å². The summed E-state index contributed by atoms with van der Waals surface area (Å²) in [5.41, 5.74) is -0.633. The van der Waals surface area contributed by atoms with E-state index in [1.54, 1.807) is 48.5 Å². The highest BCUT2D eigenvalue weighted by Gasteiger charge is 2.39. The molecule has 0 saturated heterocycles. The second-order valence-electron chi connectivity index (χ2n) is 7.69. The molecule has 2 heterocycles. The molecule has 10 heteroatoms. The van der Waals surface area contributed by atoms with Crippen LogP contribution in [0.2, 0.25) is 0 Å². The summed E-state index contributed by atoms with van der Waals surface area (Å²) in [6.45, 7) is -0.333. The molecule has 172 valence electrons. The number of halogens is 3. The molecule has 1 atom stereocenters. The van der Waals surface area contributed by atoms with Crippen LogP contribution in [0, 0.1) is 0 Å². The van der Waals surface area contributed by atoms with Crippen LogP contribution in [-0.2, 0) is 24.1 Å². The Kier molecular flexibility index (Phi) is 5.94. The van der Waals surface area contributed by atoms with Gasteiger partial charge in [-0.25, -0.2) is 4.68 Å². The minimum absolute atomic E-state index is 0.0402. The molecule has 1 aromatic heterocycles. The Morgan fingerprint density at radius 2 is 1.88 bits per heavy atom. The molecule has 1 N–H and O–H groups in total. The highest BCUT2D eigenvalue weighted by atomic mass is 19.4. The predicted octanol–water partition coefficient (Wildman–Crippen LogP) is 3.31. The second kappa shape index (κ2) is 8.70. The maximum atomic E-state index is 13.8. The van der Waals surface area contributed by atoms with Crippen LogP contribution in [0.3, 0.4) is 0 Å². The van der Waals surface area contributed by atoms with Gasteiger partial charge in [0.1, 0.15) is 11.3 Å². The number of carboxylic acid groups (broad SMARTS) is 1. The molecule has 2 aromatic carbocycles. The molecule has 0 saturated carbocycles. The molecule has 1 unspecified atom stereocenters. The standard InChI is InChI=1S/C23H20F3N3O4/c1-33-16-8-6-14(7-9-16)11-29-22(32)18(23(24,25)26)10-19(27-29)21-17-5-3-2-4-15(17)12-28(21)13-20(30)31/h2-10,21H,11-13H2,1H3,(H,30,31). The van der Waals surface area contributed by atoms with Gasteiger partial charge in [0.2, 0.25) is 0 Å². The van der Waals surface area contributed by atoms with Gasteiger partial charge in [-0.2, -0.15) is 18.3 Å². The van der Waals surface area contributed by atoms with Gasteiger partial charge < -0.3 is 9.84 Å². The molecule has 0 amide bonds. The van der Waals surface area contributed by atoms with Gasteiger partial charge in [-0.3, -0.25) is 14.5 Å². The summed E-state index contributed by atoms with van der Waals surface area (Å²) in [5.74, 6) is -0.550. The maximum absolute atomic E-state index is 13.8. The van der Waals surface area contributed by atoms with Crippen molar-refractivity contribution >= 4 is 5.97 Å². The van der Waals surface area contributed by atoms with E-state index in [0.717, 1.165) is 16.3 Å². The Bertz CT molecular complexity index is 1240. The second-order valence-corrected chi connectivity index (χ2v) is 7.69. The van der Waals surface area contributed by atoms with Gasteiger partial charge in [-0.15, -0.1) is 0 Å². The van der Waals surface area contributed by atoms with Gasteiger partial charge in [0.15, 0.2) is 0 Å². The van der Waals surface area contributed by atoms with E-state index < -0.39 is 29.3 Å². The van der Waals surface area contributed by atoms with Crippen molar-refractivity contribution in [2.24, 2.45) is 0 Å². The van der Waals surface area contributed by atoms with Crippen LogP contribution >= 0.6 is 0 Å². The fraction of sp³-hybridized carbons (Fsp3) is 0.261. The molecule has 33 heavy (non-hydrogen) atoms. The number of hydrogen-bond acceptors (Lipinski definition) is 5. The summed E-state index contributed by atoms with van der Waals surface area (Å²) in [6, 6.07) is 13.5. The number of methoxy groups -OCH3 is 1. The maximum Gasteiger partial charge on any atom is 0.421 e. The number of nitrogens with zero attached hydrogens (tertiary/aromatic N) is 3. The molecule has 0 bridgehead atoms. The zero-order chi connectivity index (χ0) is 23.8. The third-order valence-electron chi connectivity index (χ3n) is 5.50. The number of rotatable bonds is 6. The highest BCUT2D eigenvalue weighted by Crippen LogP contribution is 2.38. The average Bonchev–Trinajstić information content (AvgIpc) is 3.12. The van der Waals surface area contributed by atoms with Gasteiger partial charge in [0, 0.05) is 6.54 Å². The lowest BCUT2D eigenvalue weighted by Gasteiger charge is -2.24. The first-order valence-electron chi connectivity index (χ1n) is 10.0. The first kappa shape index (κ1) is 22.5. The number of aromatic nitrogens is 2. The van der Waals surface area contributed by atoms with E-state index in [9.17, 15) is 27.9 Å². The fourth-order valence-electron chi connectivity index (χ4n) is 4.03. The van der Waals surface area contributed by atoms with E-state index in [0.29, 0.717) is 16.9 Å². The molecule has 0 aliphatic carbocycles. The smallest absolute Gasteiger partial charge is 0.421 e. The minimum Gasteiger partial charge on any atom is -0.497 e. The largest absolute Gasteiger partial charge is 0.497 e. The van der Waals surface area contributed by atoms with E-state index in [-0.39, 0.29) is 25.3 Å². The van der Waals surface area contributed by atoms with Crippen LogP contribution in [0.4, 0.5) is 13.2 Å². The van der Waals surface area contributed by atoms with Crippen molar-refractivity contribution in [3.63, 3.8) is 0 Å². The number of ether oxygens (including phenoxy) is 1. The molecule has 1 aliphatic heterocycles. The lowest BCUT2D eigenvalue weighted by Crippen LogP contribution is -2.35. The number of benzene rings is 2. The molecule has 0 spiro atoms. The lowest BCUT2D eigenvalue weighted by molar-refractivity contribution is -0.140. The van der Waals surface area contributed by atoms with E-state index in [2.05, 4.69) is 5.10 Å². The van der Waals surface area contributed by atoms with Gasteiger partial charge in [0.25, 0.3) is 5.56 Å². The average molecular weight is 459 g/mol. The number of hydrogen-bond donors (Lipinski definition) is 1. The summed E-state index contributed by atoms with van der Waals surface area (Å²) in [5, 5.41) is 13.6. The Labute approximate surface area is 186 Å². The van der Waals surface area contributed by atoms with Crippen molar-refractivity contribution in [3.05, 3.63) is 92.9 Å². The predicted molar refractivity (Wildman–Crippen MR) is 112 cm³/mol. The van der Waals surface area contributed by atoms with Crippen molar-refractivity contribution in [1.29, 1.82) is 0 Å². The van der Waals surface area contributed by atoms with Gasteiger partial charge in [-0.1, -0.05) is 36.4 Å². The van der Waals surface area contributed by atoms with E-state index >= 15 is 0 Å².